The van der Waals surface area contributed by atoms with Gasteiger partial charge in [0.05, 0.1) is 10.5 Å². The van der Waals surface area contributed by atoms with Gasteiger partial charge >= 0.3 is 0 Å². The lowest BCUT2D eigenvalue weighted by Crippen LogP contribution is -2.15. The Morgan fingerprint density at radius 1 is 1.63 bits per heavy atom. The van der Waals surface area contributed by atoms with Crippen LogP contribution in [0, 0.1) is 21.6 Å². The highest BCUT2D eigenvalue weighted by Gasteiger charge is 2.20. The zero-order chi connectivity index (χ0) is 14.4. The van der Waals surface area contributed by atoms with Crippen molar-refractivity contribution in [3.05, 3.63) is 33.9 Å². The lowest BCUT2D eigenvalue weighted by atomic mass is 10.1. The highest BCUT2D eigenvalue weighted by molar-refractivity contribution is 8.13. The molecular weight excluding hydrogens is 270 g/mol. The van der Waals surface area contributed by atoms with Gasteiger partial charge in [-0.25, -0.2) is 4.99 Å². The molecule has 0 heterocycles. The lowest BCUT2D eigenvalue weighted by Gasteiger charge is -2.04. The van der Waals surface area contributed by atoms with Gasteiger partial charge in [-0.1, -0.05) is 17.8 Å². The first kappa shape index (κ1) is 14.5. The van der Waals surface area contributed by atoms with E-state index < -0.39 is 10.8 Å². The Kier molecular flexibility index (Phi) is 4.84. The van der Waals surface area contributed by atoms with Crippen molar-refractivity contribution in [1.29, 1.82) is 5.26 Å². The molecule has 0 fully saturated rings. The molecule has 0 radical (unpaired) electrons. The Morgan fingerprint density at radius 2 is 2.32 bits per heavy atom. The van der Waals surface area contributed by atoms with Crippen molar-refractivity contribution in [3.8, 4) is 6.19 Å². The first-order valence-electron chi connectivity index (χ1n) is 4.86. The molecule has 0 aliphatic rings. The SMILES string of the molecule is CSC(=Nc1c(C(N)=O)cccc1[N+](=O)[O-])NC#N. The van der Waals surface area contributed by atoms with Crippen molar-refractivity contribution in [1.82, 2.24) is 5.32 Å². The van der Waals surface area contributed by atoms with Gasteiger partial charge in [0.2, 0.25) is 0 Å². The van der Waals surface area contributed by atoms with Gasteiger partial charge in [-0.05, 0) is 12.3 Å². The summed E-state index contributed by atoms with van der Waals surface area (Å²) < 4.78 is 0. The minimum Gasteiger partial charge on any atom is -0.366 e. The average molecular weight is 279 g/mol. The fraction of sp³-hybridized carbons (Fsp3) is 0.100. The first-order valence-corrected chi connectivity index (χ1v) is 6.08. The molecule has 98 valence electrons. The minimum atomic E-state index is -0.833. The standard InChI is InChI=1S/C10H9N5O3S/c1-19-10(13-5-11)14-8-6(9(12)16)3-2-4-7(8)15(17)18/h2-4H,1H3,(H2,12,16)(H,13,14). The van der Waals surface area contributed by atoms with Crippen LogP contribution >= 0.6 is 11.8 Å². The smallest absolute Gasteiger partial charge is 0.295 e. The molecular formula is C10H9N5O3S. The fourth-order valence-corrected chi connectivity index (χ4v) is 1.60. The number of carbonyl (C=O) groups is 1. The lowest BCUT2D eigenvalue weighted by molar-refractivity contribution is -0.384. The van der Waals surface area contributed by atoms with E-state index in [9.17, 15) is 14.9 Å². The highest BCUT2D eigenvalue weighted by Crippen LogP contribution is 2.31. The largest absolute Gasteiger partial charge is 0.366 e. The van der Waals surface area contributed by atoms with Crippen molar-refractivity contribution >= 4 is 34.2 Å². The average Bonchev–Trinajstić information content (AvgIpc) is 2.37. The predicted octanol–water partition coefficient (Wildman–Crippen LogP) is 1.11. The van der Waals surface area contributed by atoms with Gasteiger partial charge in [0.15, 0.2) is 17.0 Å². The number of nitriles is 1. The highest BCUT2D eigenvalue weighted by atomic mass is 32.2. The number of nitro groups is 1. The Hall–Kier alpha value is -2.60. The zero-order valence-electron chi connectivity index (χ0n) is 9.78. The van der Waals surface area contributed by atoms with Crippen molar-refractivity contribution < 1.29 is 9.72 Å². The number of nitrogens with two attached hydrogens (primary N) is 1. The number of amidine groups is 1. The zero-order valence-corrected chi connectivity index (χ0v) is 10.6. The van der Waals surface area contributed by atoms with E-state index in [1.165, 1.54) is 18.2 Å². The number of para-hydroxylation sites is 1. The van der Waals surface area contributed by atoms with Gasteiger partial charge in [-0.2, -0.15) is 5.26 Å². The maximum atomic E-state index is 11.3. The number of hydrogen-bond donors (Lipinski definition) is 2. The number of primary amides is 1. The predicted molar refractivity (Wildman–Crippen MR) is 71.0 cm³/mol. The fourth-order valence-electron chi connectivity index (χ4n) is 1.27. The topological polar surface area (TPSA) is 134 Å². The Bertz CT molecular complexity index is 561. The number of benzene rings is 1. The summed E-state index contributed by atoms with van der Waals surface area (Å²) in [6, 6.07) is 3.88. The number of thioether (sulfide) groups is 1. The molecule has 0 aromatic heterocycles. The first-order chi connectivity index (χ1) is 9.01. The number of aliphatic imine (C=N–C) groups is 1. The molecule has 1 rings (SSSR count). The quantitative estimate of drug-likeness (QED) is 0.212. The maximum absolute atomic E-state index is 11.3. The summed E-state index contributed by atoms with van der Waals surface area (Å²) in [6.45, 7) is 0. The third kappa shape index (κ3) is 3.43. The molecule has 19 heavy (non-hydrogen) atoms. The molecule has 1 aromatic carbocycles. The molecule has 0 bridgehead atoms. The molecule has 0 aliphatic carbocycles. The number of rotatable bonds is 3. The van der Waals surface area contributed by atoms with Gasteiger partial charge in [-0.15, -0.1) is 0 Å². The third-order valence-corrected chi connectivity index (χ3v) is 2.63. The second-order valence-electron chi connectivity index (χ2n) is 3.15. The Balaban J connectivity index is 3.49. The van der Waals surface area contributed by atoms with Crippen LogP contribution in [-0.4, -0.2) is 22.3 Å². The molecule has 0 unspecified atom stereocenters. The van der Waals surface area contributed by atoms with Crippen molar-refractivity contribution in [2.24, 2.45) is 10.7 Å². The van der Waals surface area contributed by atoms with Gasteiger partial charge in [0, 0.05) is 6.07 Å². The molecule has 1 aromatic rings. The number of nitrogens with zero attached hydrogens (tertiary/aromatic N) is 3. The Morgan fingerprint density at radius 3 is 2.79 bits per heavy atom. The van der Waals surface area contributed by atoms with E-state index in [1.54, 1.807) is 12.4 Å². The third-order valence-electron chi connectivity index (χ3n) is 2.05. The van der Waals surface area contributed by atoms with Crippen LogP contribution in [0.15, 0.2) is 23.2 Å². The monoisotopic (exact) mass is 279 g/mol. The maximum Gasteiger partial charge on any atom is 0.295 e. The van der Waals surface area contributed by atoms with Gasteiger partial charge < -0.3 is 5.73 Å². The van der Waals surface area contributed by atoms with Crippen molar-refractivity contribution in [2.75, 3.05) is 6.26 Å². The van der Waals surface area contributed by atoms with E-state index in [-0.39, 0.29) is 22.1 Å². The number of carbonyl (C=O) groups excluding carboxylic acids is 1. The molecule has 0 spiro atoms. The second kappa shape index (κ2) is 6.36. The van der Waals surface area contributed by atoms with E-state index in [4.69, 9.17) is 11.0 Å². The summed E-state index contributed by atoms with van der Waals surface area (Å²) in [5.74, 6) is -0.833. The Labute approximate surface area is 112 Å². The molecule has 0 saturated carbocycles. The molecule has 1 amide bonds. The molecule has 0 aliphatic heterocycles. The van der Waals surface area contributed by atoms with E-state index in [2.05, 4.69) is 10.3 Å². The molecule has 9 heteroatoms. The molecule has 3 N–H and O–H groups in total. The van der Waals surface area contributed by atoms with Crippen LogP contribution < -0.4 is 11.1 Å². The second-order valence-corrected chi connectivity index (χ2v) is 3.95. The normalized spacial score (nSPS) is 10.6. The summed E-state index contributed by atoms with van der Waals surface area (Å²) in [5, 5.41) is 21.8. The van der Waals surface area contributed by atoms with Crippen molar-refractivity contribution in [2.45, 2.75) is 0 Å². The van der Waals surface area contributed by atoms with Crippen LogP contribution in [-0.2, 0) is 0 Å². The number of nitrogens with one attached hydrogen (secondary N) is 1. The van der Waals surface area contributed by atoms with Crippen LogP contribution in [0.1, 0.15) is 10.4 Å². The summed E-state index contributed by atoms with van der Waals surface area (Å²) in [4.78, 5) is 25.4. The molecule has 0 saturated heterocycles. The van der Waals surface area contributed by atoms with Crippen LogP contribution in [0.3, 0.4) is 0 Å². The number of nitro benzene ring substituents is 1. The van der Waals surface area contributed by atoms with Crippen LogP contribution in [0.5, 0.6) is 0 Å². The van der Waals surface area contributed by atoms with E-state index >= 15 is 0 Å². The van der Waals surface area contributed by atoms with Gasteiger partial charge in [-0.3, -0.25) is 20.2 Å². The molecule has 8 nitrogen and oxygen atoms in total. The summed E-state index contributed by atoms with van der Waals surface area (Å²) in [6.07, 6.45) is 3.28. The summed E-state index contributed by atoms with van der Waals surface area (Å²) >= 11 is 1.07. The summed E-state index contributed by atoms with van der Waals surface area (Å²) in [5.41, 5.74) is 4.54. The number of hydrogen-bond acceptors (Lipinski definition) is 6. The number of amides is 1. The minimum absolute atomic E-state index is 0.0829. The van der Waals surface area contributed by atoms with Crippen LogP contribution in [0.4, 0.5) is 11.4 Å². The molecule has 0 atom stereocenters. The van der Waals surface area contributed by atoms with Crippen LogP contribution in [0.2, 0.25) is 0 Å². The van der Waals surface area contributed by atoms with Gasteiger partial charge in [0.25, 0.3) is 11.6 Å². The summed E-state index contributed by atoms with van der Waals surface area (Å²) in [7, 11) is 0. The van der Waals surface area contributed by atoms with Gasteiger partial charge in [0.1, 0.15) is 0 Å². The van der Waals surface area contributed by atoms with E-state index in [0.29, 0.717) is 0 Å². The van der Waals surface area contributed by atoms with Crippen LogP contribution in [0.25, 0.3) is 0 Å². The van der Waals surface area contributed by atoms with E-state index in [1.807, 2.05) is 0 Å². The van der Waals surface area contributed by atoms with Crippen molar-refractivity contribution in [3.63, 3.8) is 0 Å². The van der Waals surface area contributed by atoms with E-state index in [0.717, 1.165) is 11.8 Å².